The summed E-state index contributed by atoms with van der Waals surface area (Å²) in [5.74, 6) is 2.24. The first-order valence-electron chi connectivity index (χ1n) is 14.0. The molecule has 9 heteroatoms. The molecule has 2 aliphatic heterocycles. The maximum Gasteiger partial charge on any atom is 0.337 e. The third-order valence-corrected chi connectivity index (χ3v) is 7.92. The SMILES string of the molecule is COC(=O)c1ccc(C2c3c(C)nn(-c4ccccn4)c3N=C3C(Nc4ccc(C)c(C)c4)=Nc4ccccc4N32)cc1. The van der Waals surface area contributed by atoms with Crippen LogP contribution in [0.2, 0.25) is 0 Å². The molecule has 1 N–H and O–H groups in total. The van der Waals surface area contributed by atoms with E-state index in [4.69, 9.17) is 19.8 Å². The first-order chi connectivity index (χ1) is 20.9. The molecule has 0 spiro atoms. The number of ether oxygens (including phenoxy) is 1. The molecule has 4 heterocycles. The van der Waals surface area contributed by atoms with E-state index < -0.39 is 0 Å². The molecule has 0 saturated heterocycles. The van der Waals surface area contributed by atoms with Crippen molar-refractivity contribution in [3.05, 3.63) is 125 Å². The minimum atomic E-state index is -0.382. The van der Waals surface area contributed by atoms with Crippen LogP contribution < -0.4 is 10.2 Å². The molecule has 43 heavy (non-hydrogen) atoms. The van der Waals surface area contributed by atoms with E-state index in [9.17, 15) is 4.79 Å². The monoisotopic (exact) mass is 567 g/mol. The Labute approximate surface area is 249 Å². The van der Waals surface area contributed by atoms with Crippen LogP contribution in [-0.2, 0) is 4.74 Å². The Kier molecular flexibility index (Phi) is 6.35. The Morgan fingerprint density at radius 1 is 0.884 bits per heavy atom. The number of anilines is 2. The molecule has 0 bridgehead atoms. The van der Waals surface area contributed by atoms with Crippen molar-refractivity contribution < 1.29 is 9.53 Å². The van der Waals surface area contributed by atoms with Gasteiger partial charge in [0.2, 0.25) is 0 Å². The van der Waals surface area contributed by atoms with Crippen LogP contribution in [0.1, 0.15) is 44.3 Å². The fourth-order valence-corrected chi connectivity index (χ4v) is 5.63. The lowest BCUT2D eigenvalue weighted by molar-refractivity contribution is 0.0600. The summed E-state index contributed by atoms with van der Waals surface area (Å²) in [6, 6.07) is 27.2. The number of aromatic nitrogens is 3. The van der Waals surface area contributed by atoms with E-state index >= 15 is 0 Å². The van der Waals surface area contributed by atoms with Crippen molar-refractivity contribution in [2.75, 3.05) is 17.3 Å². The van der Waals surface area contributed by atoms with Gasteiger partial charge in [-0.15, -0.1) is 0 Å². The first kappa shape index (κ1) is 26.3. The highest BCUT2D eigenvalue weighted by atomic mass is 16.5. The molecular formula is C34H29N7O2. The number of pyridine rings is 1. The van der Waals surface area contributed by atoms with E-state index in [1.165, 1.54) is 18.2 Å². The summed E-state index contributed by atoms with van der Waals surface area (Å²) < 4.78 is 6.75. The number of carbonyl (C=O) groups excluding carboxylic acids is 1. The zero-order valence-corrected chi connectivity index (χ0v) is 24.2. The van der Waals surface area contributed by atoms with Gasteiger partial charge >= 0.3 is 5.97 Å². The van der Waals surface area contributed by atoms with Crippen molar-refractivity contribution in [2.24, 2.45) is 9.98 Å². The number of esters is 1. The van der Waals surface area contributed by atoms with Crippen LogP contribution in [0.4, 0.5) is 22.9 Å². The van der Waals surface area contributed by atoms with Crippen LogP contribution in [0.15, 0.2) is 101 Å². The first-order valence-corrected chi connectivity index (χ1v) is 14.0. The highest BCUT2D eigenvalue weighted by Crippen LogP contribution is 2.48. The van der Waals surface area contributed by atoms with Gasteiger partial charge in [0.05, 0.1) is 35.8 Å². The predicted octanol–water partition coefficient (Wildman–Crippen LogP) is 6.77. The van der Waals surface area contributed by atoms with Crippen molar-refractivity contribution >= 4 is 40.5 Å². The summed E-state index contributed by atoms with van der Waals surface area (Å²) in [6.07, 6.45) is 1.75. The lowest BCUT2D eigenvalue weighted by Gasteiger charge is -2.40. The molecular weight excluding hydrogens is 538 g/mol. The molecule has 1 atom stereocenters. The van der Waals surface area contributed by atoms with E-state index in [1.54, 1.807) is 23.0 Å². The van der Waals surface area contributed by atoms with Gasteiger partial charge in [0.15, 0.2) is 23.3 Å². The number of aryl methyl sites for hydroxylation is 3. The highest BCUT2D eigenvalue weighted by molar-refractivity contribution is 6.51. The van der Waals surface area contributed by atoms with Gasteiger partial charge in [0.25, 0.3) is 0 Å². The fourth-order valence-electron chi connectivity index (χ4n) is 5.63. The molecule has 212 valence electrons. The smallest absolute Gasteiger partial charge is 0.337 e. The maximum absolute atomic E-state index is 12.3. The molecule has 0 fully saturated rings. The lowest BCUT2D eigenvalue weighted by atomic mass is 9.92. The molecule has 0 amide bonds. The Bertz CT molecular complexity index is 1940. The second kappa shape index (κ2) is 10.4. The number of aliphatic imine (C=N–C) groups is 2. The molecule has 5 aromatic rings. The molecule has 0 aliphatic carbocycles. The van der Waals surface area contributed by atoms with Crippen molar-refractivity contribution in [1.82, 2.24) is 14.8 Å². The molecule has 7 rings (SSSR count). The summed E-state index contributed by atoms with van der Waals surface area (Å²) in [6.45, 7) is 6.18. The summed E-state index contributed by atoms with van der Waals surface area (Å²) in [5, 5.41) is 8.49. The number of carbonyl (C=O) groups is 1. The van der Waals surface area contributed by atoms with E-state index in [0.29, 0.717) is 28.9 Å². The van der Waals surface area contributed by atoms with Gasteiger partial charge in [-0.2, -0.15) is 9.78 Å². The number of methoxy groups -OCH3 is 1. The number of nitrogens with zero attached hydrogens (tertiary/aromatic N) is 6. The zero-order chi connectivity index (χ0) is 29.7. The summed E-state index contributed by atoms with van der Waals surface area (Å²) in [7, 11) is 1.38. The third-order valence-electron chi connectivity index (χ3n) is 7.92. The largest absolute Gasteiger partial charge is 0.465 e. The lowest BCUT2D eigenvalue weighted by Crippen LogP contribution is -2.46. The summed E-state index contributed by atoms with van der Waals surface area (Å²) in [4.78, 5) is 29.4. The third kappa shape index (κ3) is 4.46. The van der Waals surface area contributed by atoms with Gasteiger partial charge in [-0.1, -0.05) is 36.4 Å². The molecule has 9 nitrogen and oxygen atoms in total. The number of fused-ring (bicyclic) bond motifs is 4. The Morgan fingerprint density at radius 2 is 1.67 bits per heavy atom. The normalized spacial score (nSPS) is 15.1. The van der Waals surface area contributed by atoms with Crippen LogP contribution in [0.5, 0.6) is 0 Å². The van der Waals surface area contributed by atoms with Crippen molar-refractivity contribution in [3.63, 3.8) is 0 Å². The Morgan fingerprint density at radius 3 is 2.42 bits per heavy atom. The van der Waals surface area contributed by atoms with Crippen LogP contribution in [0.25, 0.3) is 5.82 Å². The van der Waals surface area contributed by atoms with Crippen LogP contribution in [-0.4, -0.2) is 39.5 Å². The number of rotatable bonds is 4. The van der Waals surface area contributed by atoms with Gasteiger partial charge in [-0.25, -0.2) is 19.8 Å². The van der Waals surface area contributed by atoms with E-state index in [0.717, 1.165) is 33.9 Å². The van der Waals surface area contributed by atoms with Crippen molar-refractivity contribution in [3.8, 4) is 5.82 Å². The Hall–Kier alpha value is -5.57. The molecule has 2 aliphatic rings. The van der Waals surface area contributed by atoms with Crippen molar-refractivity contribution in [1.29, 1.82) is 0 Å². The summed E-state index contributed by atoms with van der Waals surface area (Å²) >= 11 is 0. The number of hydrogen-bond acceptors (Lipinski definition) is 8. The topological polar surface area (TPSA) is 97.0 Å². The van der Waals surface area contributed by atoms with Crippen LogP contribution in [0.3, 0.4) is 0 Å². The van der Waals surface area contributed by atoms with E-state index in [1.807, 2.05) is 55.5 Å². The van der Waals surface area contributed by atoms with Gasteiger partial charge in [0.1, 0.15) is 0 Å². The zero-order valence-electron chi connectivity index (χ0n) is 24.2. The van der Waals surface area contributed by atoms with Gasteiger partial charge in [-0.3, -0.25) is 0 Å². The number of para-hydroxylation sites is 2. The number of hydrogen-bond donors (Lipinski definition) is 1. The van der Waals surface area contributed by atoms with Crippen LogP contribution >= 0.6 is 0 Å². The summed E-state index contributed by atoms with van der Waals surface area (Å²) in [5.41, 5.74) is 8.28. The average molecular weight is 568 g/mol. The van der Waals surface area contributed by atoms with Gasteiger partial charge < -0.3 is 15.0 Å². The number of nitrogens with one attached hydrogen (secondary N) is 1. The molecule has 1 unspecified atom stereocenters. The molecule has 3 aromatic carbocycles. The number of amidine groups is 2. The quantitative estimate of drug-likeness (QED) is 0.241. The molecule has 0 radical (unpaired) electrons. The number of benzene rings is 3. The fraction of sp³-hybridized carbons (Fsp3) is 0.147. The van der Waals surface area contributed by atoms with Gasteiger partial charge in [-0.05, 0) is 86.0 Å². The molecule has 2 aromatic heterocycles. The second-order valence-corrected chi connectivity index (χ2v) is 10.6. The maximum atomic E-state index is 12.3. The van der Waals surface area contributed by atoms with Crippen LogP contribution in [0, 0.1) is 20.8 Å². The molecule has 0 saturated carbocycles. The van der Waals surface area contributed by atoms with Gasteiger partial charge in [0, 0.05) is 17.4 Å². The average Bonchev–Trinajstić information content (AvgIpc) is 3.37. The standard InChI is InChI=1S/C34H29N7O2/c1-20-12-17-25(19-21(20)2)36-31-33-38-32-29(22(3)39-41(32)28-11-7-8-18-35-28)30(23-13-15-24(16-14-23)34(42)43-4)40(33)27-10-6-5-9-26(27)37-31/h5-19,30H,1-4H3,(H,36,37). The highest BCUT2D eigenvalue weighted by Gasteiger charge is 2.41. The Balaban J connectivity index is 1.47. The minimum Gasteiger partial charge on any atom is -0.465 e. The van der Waals surface area contributed by atoms with E-state index in [-0.39, 0.29) is 12.0 Å². The predicted molar refractivity (Wildman–Crippen MR) is 168 cm³/mol. The minimum absolute atomic E-state index is 0.320. The van der Waals surface area contributed by atoms with Crippen molar-refractivity contribution in [2.45, 2.75) is 26.8 Å². The van der Waals surface area contributed by atoms with E-state index in [2.05, 4.69) is 53.3 Å². The second-order valence-electron chi connectivity index (χ2n) is 10.6.